The summed E-state index contributed by atoms with van der Waals surface area (Å²) in [6.45, 7) is 7.49. The Bertz CT molecular complexity index is 871. The minimum Gasteiger partial charge on any atom is -0.267 e. The van der Waals surface area contributed by atoms with Crippen LogP contribution in [0, 0.1) is 13.8 Å². The highest BCUT2D eigenvalue weighted by Crippen LogP contribution is 2.25. The zero-order chi connectivity index (χ0) is 18.1. The first-order valence-corrected chi connectivity index (χ1v) is 9.84. The predicted octanol–water partition coefficient (Wildman–Crippen LogP) is 2.98. The summed E-state index contributed by atoms with van der Waals surface area (Å²) in [6, 6.07) is 6.98. The lowest BCUT2D eigenvalue weighted by molar-refractivity contribution is 0.0941. The second kappa shape index (κ2) is 7.16. The second-order valence-corrected chi connectivity index (χ2v) is 8.02. The number of nitrogens with zero attached hydrogens (tertiary/aromatic N) is 3. The van der Waals surface area contributed by atoms with E-state index < -0.39 is 10.0 Å². The molecule has 0 spiro atoms. The molecule has 0 aliphatic rings. The molecule has 0 atom stereocenters. The topological polar surface area (TPSA) is 72.3 Å². The van der Waals surface area contributed by atoms with Crippen LogP contribution >= 0.6 is 15.9 Å². The van der Waals surface area contributed by atoms with E-state index >= 15 is 0 Å². The Morgan fingerprint density at radius 2 is 1.79 bits per heavy atom. The molecule has 0 bridgehead atoms. The van der Waals surface area contributed by atoms with Crippen molar-refractivity contribution in [2.45, 2.75) is 32.6 Å². The normalized spacial score (nSPS) is 11.9. The van der Waals surface area contributed by atoms with Gasteiger partial charge in [-0.2, -0.15) is 14.1 Å². The molecular weight excluding hydrogens is 394 g/mol. The minimum atomic E-state index is -3.68. The van der Waals surface area contributed by atoms with Crippen molar-refractivity contribution in [3.63, 3.8) is 0 Å². The third-order valence-electron chi connectivity index (χ3n) is 3.82. The highest BCUT2D eigenvalue weighted by molar-refractivity contribution is 9.10. The van der Waals surface area contributed by atoms with Crippen LogP contribution in [0.25, 0.3) is 0 Å². The van der Waals surface area contributed by atoms with Crippen LogP contribution in [-0.4, -0.2) is 41.5 Å². The number of rotatable bonds is 5. The van der Waals surface area contributed by atoms with E-state index in [2.05, 4.69) is 21.0 Å². The molecule has 0 saturated heterocycles. The van der Waals surface area contributed by atoms with E-state index in [0.717, 1.165) is 4.68 Å². The third kappa shape index (κ3) is 3.18. The molecule has 24 heavy (non-hydrogen) atoms. The molecule has 0 fully saturated rings. The second-order valence-electron chi connectivity index (χ2n) is 5.29. The van der Waals surface area contributed by atoms with Crippen molar-refractivity contribution in [2.24, 2.45) is 0 Å². The molecular formula is C16H20BrN3O3S. The van der Waals surface area contributed by atoms with E-state index in [4.69, 9.17) is 0 Å². The van der Waals surface area contributed by atoms with E-state index in [-0.39, 0.29) is 10.8 Å². The molecule has 0 amide bonds. The van der Waals surface area contributed by atoms with Gasteiger partial charge in [0.25, 0.3) is 5.91 Å². The Balaban J connectivity index is 2.59. The van der Waals surface area contributed by atoms with Gasteiger partial charge in [0, 0.05) is 17.6 Å². The lowest BCUT2D eigenvalue weighted by atomic mass is 10.2. The van der Waals surface area contributed by atoms with Gasteiger partial charge in [-0.05, 0) is 41.9 Å². The summed E-state index contributed by atoms with van der Waals surface area (Å²) in [4.78, 5) is 12.9. The number of carbonyl (C=O) groups excluding carboxylic acids is 1. The molecule has 0 radical (unpaired) electrons. The maximum Gasteiger partial charge on any atom is 0.279 e. The Hall–Kier alpha value is -1.51. The first kappa shape index (κ1) is 18.8. The summed E-state index contributed by atoms with van der Waals surface area (Å²) in [6.07, 6.45) is 0. The first-order valence-electron chi connectivity index (χ1n) is 7.61. The molecule has 0 N–H and O–H groups in total. The Morgan fingerprint density at radius 1 is 1.21 bits per heavy atom. The van der Waals surface area contributed by atoms with Gasteiger partial charge in [0.2, 0.25) is 10.0 Å². The molecule has 0 unspecified atom stereocenters. The Morgan fingerprint density at radius 3 is 2.33 bits per heavy atom. The summed E-state index contributed by atoms with van der Waals surface area (Å²) in [5, 5.41) is 4.19. The molecule has 1 aromatic carbocycles. The van der Waals surface area contributed by atoms with Crippen LogP contribution < -0.4 is 0 Å². The number of halogens is 1. The SMILES string of the molecule is CCN(CC)S(=O)(=O)c1c(C)nn(C(=O)c2ccccc2Br)c1C. The van der Waals surface area contributed by atoms with Crippen LogP contribution in [0.5, 0.6) is 0 Å². The van der Waals surface area contributed by atoms with Crippen molar-refractivity contribution >= 4 is 31.9 Å². The molecule has 0 aliphatic carbocycles. The fourth-order valence-electron chi connectivity index (χ4n) is 2.64. The molecule has 0 saturated carbocycles. The average Bonchev–Trinajstić information content (AvgIpc) is 2.83. The fourth-order valence-corrected chi connectivity index (χ4v) is 4.91. The zero-order valence-electron chi connectivity index (χ0n) is 14.1. The van der Waals surface area contributed by atoms with Gasteiger partial charge >= 0.3 is 0 Å². The van der Waals surface area contributed by atoms with Crippen LogP contribution in [-0.2, 0) is 10.0 Å². The molecule has 130 valence electrons. The van der Waals surface area contributed by atoms with Gasteiger partial charge in [0.15, 0.2) is 0 Å². The highest BCUT2D eigenvalue weighted by Gasteiger charge is 2.31. The number of benzene rings is 1. The van der Waals surface area contributed by atoms with E-state index in [1.54, 1.807) is 52.0 Å². The quantitative estimate of drug-likeness (QED) is 0.754. The van der Waals surface area contributed by atoms with Crippen molar-refractivity contribution in [3.05, 3.63) is 45.7 Å². The zero-order valence-corrected chi connectivity index (χ0v) is 16.5. The van der Waals surface area contributed by atoms with Crippen molar-refractivity contribution in [3.8, 4) is 0 Å². The van der Waals surface area contributed by atoms with Gasteiger partial charge in [-0.3, -0.25) is 4.79 Å². The van der Waals surface area contributed by atoms with Crippen LogP contribution in [0.3, 0.4) is 0 Å². The summed E-state index contributed by atoms with van der Waals surface area (Å²) >= 11 is 3.34. The number of hydrogen-bond acceptors (Lipinski definition) is 4. The number of aryl methyl sites for hydroxylation is 1. The summed E-state index contributed by atoms with van der Waals surface area (Å²) in [7, 11) is -3.68. The van der Waals surface area contributed by atoms with Crippen molar-refractivity contribution < 1.29 is 13.2 Å². The minimum absolute atomic E-state index is 0.103. The molecule has 8 heteroatoms. The van der Waals surface area contributed by atoms with Crippen molar-refractivity contribution in [1.82, 2.24) is 14.1 Å². The number of carbonyl (C=O) groups is 1. The molecule has 1 heterocycles. The standard InChI is InChI=1S/C16H20BrN3O3S/c1-5-19(6-2)24(22,23)15-11(3)18-20(12(15)4)16(21)13-9-7-8-10-14(13)17/h7-10H,5-6H2,1-4H3. The predicted molar refractivity (Wildman–Crippen MR) is 95.7 cm³/mol. The average molecular weight is 414 g/mol. The van der Waals surface area contributed by atoms with Gasteiger partial charge < -0.3 is 0 Å². The summed E-state index contributed by atoms with van der Waals surface area (Å²) in [5.41, 5.74) is 1.06. The summed E-state index contributed by atoms with van der Waals surface area (Å²) < 4.78 is 28.8. The Kier molecular flexibility index (Phi) is 5.62. The van der Waals surface area contributed by atoms with Gasteiger partial charge in [-0.1, -0.05) is 26.0 Å². The van der Waals surface area contributed by atoms with Crippen LogP contribution in [0.15, 0.2) is 33.6 Å². The first-order chi connectivity index (χ1) is 11.3. The lowest BCUT2D eigenvalue weighted by Gasteiger charge is -2.18. The molecule has 1 aromatic heterocycles. The monoisotopic (exact) mass is 413 g/mol. The van der Waals surface area contributed by atoms with E-state index in [0.29, 0.717) is 34.5 Å². The third-order valence-corrected chi connectivity index (χ3v) is 6.82. The molecule has 2 aromatic rings. The maximum absolute atomic E-state index is 12.8. The van der Waals surface area contributed by atoms with Gasteiger partial charge in [-0.25, -0.2) is 8.42 Å². The van der Waals surface area contributed by atoms with Crippen LogP contribution in [0.1, 0.15) is 35.6 Å². The van der Waals surface area contributed by atoms with Gasteiger partial charge in [0.1, 0.15) is 4.90 Å². The van der Waals surface area contributed by atoms with E-state index in [9.17, 15) is 13.2 Å². The van der Waals surface area contributed by atoms with Gasteiger partial charge in [0.05, 0.1) is 17.0 Å². The van der Waals surface area contributed by atoms with Gasteiger partial charge in [-0.15, -0.1) is 0 Å². The van der Waals surface area contributed by atoms with E-state index in [1.165, 1.54) is 4.31 Å². The van der Waals surface area contributed by atoms with Crippen molar-refractivity contribution in [2.75, 3.05) is 13.1 Å². The van der Waals surface area contributed by atoms with Crippen LogP contribution in [0.2, 0.25) is 0 Å². The highest BCUT2D eigenvalue weighted by atomic mass is 79.9. The largest absolute Gasteiger partial charge is 0.279 e. The molecule has 6 nitrogen and oxygen atoms in total. The maximum atomic E-state index is 12.8. The summed E-state index contributed by atoms with van der Waals surface area (Å²) in [5.74, 6) is -0.371. The van der Waals surface area contributed by atoms with Crippen molar-refractivity contribution in [1.29, 1.82) is 0 Å². The number of aromatic nitrogens is 2. The lowest BCUT2D eigenvalue weighted by Crippen LogP contribution is -2.31. The number of sulfonamides is 1. The number of hydrogen-bond donors (Lipinski definition) is 0. The molecule has 0 aliphatic heterocycles. The fraction of sp³-hybridized carbons (Fsp3) is 0.375. The van der Waals surface area contributed by atoms with E-state index in [1.807, 2.05) is 0 Å². The Labute approximate surface area is 150 Å². The smallest absolute Gasteiger partial charge is 0.267 e. The molecule has 2 rings (SSSR count). The van der Waals surface area contributed by atoms with Crippen LogP contribution in [0.4, 0.5) is 0 Å².